The van der Waals surface area contributed by atoms with Crippen LogP contribution in [0.15, 0.2) is 60.8 Å². The molecule has 0 spiro atoms. The van der Waals surface area contributed by atoms with Crippen molar-refractivity contribution in [1.29, 1.82) is 0 Å². The molecule has 4 rings (SSSR count). The maximum atomic E-state index is 12.3. The number of pyridine rings is 1. The molecule has 0 unspecified atom stereocenters. The molecule has 2 amide bonds. The zero-order valence-electron chi connectivity index (χ0n) is 16.2. The molecular weight excluding hydrogens is 364 g/mol. The van der Waals surface area contributed by atoms with Crippen LogP contribution in [0.5, 0.6) is 0 Å². The Hall–Kier alpha value is -3.25. The number of para-hydroxylation sites is 1. The van der Waals surface area contributed by atoms with Gasteiger partial charge in [-0.05, 0) is 55.3 Å². The summed E-state index contributed by atoms with van der Waals surface area (Å²) in [7, 11) is 0. The molecule has 1 fully saturated rings. The van der Waals surface area contributed by atoms with Crippen molar-refractivity contribution < 1.29 is 9.59 Å². The molecule has 2 N–H and O–H groups in total. The molecular formula is C23H24N4O2. The number of nitrogens with one attached hydrogen (secondary N) is 2. The van der Waals surface area contributed by atoms with E-state index in [-0.39, 0.29) is 6.54 Å². The molecule has 1 aliphatic rings. The summed E-state index contributed by atoms with van der Waals surface area (Å²) in [4.78, 5) is 31.3. The largest absolute Gasteiger partial charge is 0.344 e. The van der Waals surface area contributed by atoms with Gasteiger partial charge in [0.25, 0.3) is 0 Å². The Labute approximate surface area is 169 Å². The summed E-state index contributed by atoms with van der Waals surface area (Å²) in [6.07, 6.45) is 4.20. The summed E-state index contributed by atoms with van der Waals surface area (Å²) in [6, 6.07) is 17.3. The summed E-state index contributed by atoms with van der Waals surface area (Å²) < 4.78 is 0. The van der Waals surface area contributed by atoms with E-state index in [2.05, 4.69) is 20.5 Å². The molecule has 1 saturated heterocycles. The fraction of sp³-hybridized carbons (Fsp3) is 0.261. The van der Waals surface area contributed by atoms with Crippen LogP contribution in [0.2, 0.25) is 0 Å². The number of nitrogens with zero attached hydrogens (tertiary/aromatic N) is 2. The smallest absolute Gasteiger partial charge is 0.313 e. The first kappa shape index (κ1) is 19.1. The second-order valence-electron chi connectivity index (χ2n) is 7.31. The normalized spacial score (nSPS) is 14.1. The van der Waals surface area contributed by atoms with E-state index in [0.717, 1.165) is 41.7 Å². The minimum Gasteiger partial charge on any atom is -0.344 e. The molecule has 0 radical (unpaired) electrons. The molecule has 0 saturated carbocycles. The summed E-state index contributed by atoms with van der Waals surface area (Å²) in [5, 5.41) is 6.38. The van der Waals surface area contributed by atoms with Crippen molar-refractivity contribution in [3.63, 3.8) is 0 Å². The third kappa shape index (κ3) is 4.78. The average molecular weight is 388 g/mol. The highest BCUT2D eigenvalue weighted by molar-refractivity contribution is 6.39. The van der Waals surface area contributed by atoms with Gasteiger partial charge in [-0.25, -0.2) is 0 Å². The second kappa shape index (κ2) is 8.84. The van der Waals surface area contributed by atoms with Crippen LogP contribution in [0.3, 0.4) is 0 Å². The number of hydrogen-bond donors (Lipinski definition) is 2. The zero-order chi connectivity index (χ0) is 20.1. The van der Waals surface area contributed by atoms with Gasteiger partial charge in [-0.15, -0.1) is 0 Å². The van der Waals surface area contributed by atoms with E-state index in [1.54, 1.807) is 12.3 Å². The van der Waals surface area contributed by atoms with Gasteiger partial charge in [0, 0.05) is 30.4 Å². The van der Waals surface area contributed by atoms with Gasteiger partial charge in [0.2, 0.25) is 0 Å². The van der Waals surface area contributed by atoms with Crippen molar-refractivity contribution in [3.05, 3.63) is 71.9 Å². The van der Waals surface area contributed by atoms with Gasteiger partial charge >= 0.3 is 11.8 Å². The van der Waals surface area contributed by atoms with Crippen LogP contribution in [0.25, 0.3) is 10.9 Å². The van der Waals surface area contributed by atoms with Crippen molar-refractivity contribution in [1.82, 2.24) is 15.2 Å². The number of hydrogen-bond acceptors (Lipinski definition) is 4. The second-order valence-corrected chi connectivity index (χ2v) is 7.31. The Balaban J connectivity index is 1.35. The standard InChI is InChI=1S/C23H24N4O2/c28-22(25-15-19-8-4-7-18-9-5-11-24-21(18)19)23(29)26-20-10-3-6-17(14-20)16-27-12-1-2-13-27/h3-11,14H,1-2,12-13,15-16H2,(H,25,28)(H,26,29). The molecule has 1 aliphatic heterocycles. The number of benzene rings is 2. The summed E-state index contributed by atoms with van der Waals surface area (Å²) >= 11 is 0. The Morgan fingerprint density at radius 3 is 2.62 bits per heavy atom. The predicted molar refractivity (Wildman–Crippen MR) is 113 cm³/mol. The molecule has 0 aliphatic carbocycles. The highest BCUT2D eigenvalue weighted by Gasteiger charge is 2.15. The molecule has 148 valence electrons. The molecule has 0 atom stereocenters. The van der Waals surface area contributed by atoms with Gasteiger partial charge in [0.15, 0.2) is 0 Å². The third-order valence-electron chi connectivity index (χ3n) is 5.15. The Morgan fingerprint density at radius 2 is 1.76 bits per heavy atom. The Bertz CT molecular complexity index is 1020. The van der Waals surface area contributed by atoms with Crippen LogP contribution in [0.1, 0.15) is 24.0 Å². The number of anilines is 1. The van der Waals surface area contributed by atoms with Gasteiger partial charge in [0.05, 0.1) is 5.52 Å². The lowest BCUT2D eigenvalue weighted by Gasteiger charge is -2.15. The minimum absolute atomic E-state index is 0.246. The average Bonchev–Trinajstić information content (AvgIpc) is 3.25. The van der Waals surface area contributed by atoms with E-state index in [1.165, 1.54) is 12.8 Å². The fourth-order valence-electron chi connectivity index (χ4n) is 3.70. The Morgan fingerprint density at radius 1 is 0.966 bits per heavy atom. The summed E-state index contributed by atoms with van der Waals surface area (Å²) in [6.45, 7) is 3.34. The quantitative estimate of drug-likeness (QED) is 0.659. The monoisotopic (exact) mass is 388 g/mol. The molecule has 6 nitrogen and oxygen atoms in total. The molecule has 0 bridgehead atoms. The van der Waals surface area contributed by atoms with E-state index in [9.17, 15) is 9.59 Å². The van der Waals surface area contributed by atoms with Gasteiger partial charge in [-0.2, -0.15) is 0 Å². The minimum atomic E-state index is -0.670. The van der Waals surface area contributed by atoms with Crippen molar-refractivity contribution in [3.8, 4) is 0 Å². The number of fused-ring (bicyclic) bond motifs is 1. The highest BCUT2D eigenvalue weighted by atomic mass is 16.2. The SMILES string of the molecule is O=C(NCc1cccc2cccnc12)C(=O)Nc1cccc(CN2CCCC2)c1. The fourth-order valence-corrected chi connectivity index (χ4v) is 3.70. The van der Waals surface area contributed by atoms with Crippen LogP contribution >= 0.6 is 0 Å². The maximum absolute atomic E-state index is 12.3. The van der Waals surface area contributed by atoms with Crippen LogP contribution in [-0.4, -0.2) is 34.8 Å². The van der Waals surface area contributed by atoms with Gasteiger partial charge in [0.1, 0.15) is 0 Å². The lowest BCUT2D eigenvalue weighted by Crippen LogP contribution is -2.35. The topological polar surface area (TPSA) is 74.3 Å². The summed E-state index contributed by atoms with van der Waals surface area (Å²) in [5.74, 6) is -1.33. The van der Waals surface area contributed by atoms with Crippen molar-refractivity contribution in [2.75, 3.05) is 18.4 Å². The lowest BCUT2D eigenvalue weighted by molar-refractivity contribution is -0.136. The highest BCUT2D eigenvalue weighted by Crippen LogP contribution is 2.17. The number of likely N-dealkylation sites (tertiary alicyclic amines) is 1. The van der Waals surface area contributed by atoms with Gasteiger partial charge in [-0.3, -0.25) is 19.5 Å². The third-order valence-corrected chi connectivity index (χ3v) is 5.15. The number of carbonyl (C=O) groups is 2. The molecule has 29 heavy (non-hydrogen) atoms. The number of amides is 2. The molecule has 3 aromatic rings. The molecule has 6 heteroatoms. The van der Waals surface area contributed by atoms with E-state index < -0.39 is 11.8 Å². The number of aromatic nitrogens is 1. The van der Waals surface area contributed by atoms with Crippen LogP contribution in [0.4, 0.5) is 5.69 Å². The van der Waals surface area contributed by atoms with Crippen LogP contribution in [-0.2, 0) is 22.7 Å². The van der Waals surface area contributed by atoms with Gasteiger partial charge < -0.3 is 10.6 Å². The van der Waals surface area contributed by atoms with E-state index in [1.807, 2.05) is 48.5 Å². The predicted octanol–water partition coefficient (Wildman–Crippen LogP) is 3.09. The zero-order valence-corrected chi connectivity index (χ0v) is 16.2. The molecule has 1 aromatic heterocycles. The first-order valence-electron chi connectivity index (χ1n) is 9.92. The molecule has 2 heterocycles. The van der Waals surface area contributed by atoms with E-state index >= 15 is 0 Å². The first-order chi connectivity index (χ1) is 14.2. The van der Waals surface area contributed by atoms with Crippen LogP contribution in [0, 0.1) is 0 Å². The number of carbonyl (C=O) groups excluding carboxylic acids is 2. The van der Waals surface area contributed by atoms with E-state index in [0.29, 0.717) is 5.69 Å². The van der Waals surface area contributed by atoms with Crippen molar-refractivity contribution in [2.45, 2.75) is 25.9 Å². The lowest BCUT2D eigenvalue weighted by atomic mass is 10.1. The van der Waals surface area contributed by atoms with Crippen LogP contribution < -0.4 is 10.6 Å². The van der Waals surface area contributed by atoms with Crippen molar-refractivity contribution >= 4 is 28.4 Å². The maximum Gasteiger partial charge on any atom is 0.313 e. The van der Waals surface area contributed by atoms with E-state index in [4.69, 9.17) is 0 Å². The number of rotatable bonds is 5. The summed E-state index contributed by atoms with van der Waals surface area (Å²) in [5.41, 5.74) is 3.46. The van der Waals surface area contributed by atoms with Crippen molar-refractivity contribution in [2.24, 2.45) is 0 Å². The molecule has 2 aromatic carbocycles. The Kier molecular flexibility index (Phi) is 5.81. The van der Waals surface area contributed by atoms with Gasteiger partial charge in [-0.1, -0.05) is 36.4 Å². The first-order valence-corrected chi connectivity index (χ1v) is 9.92.